The summed E-state index contributed by atoms with van der Waals surface area (Å²) >= 11 is 3.13. The molecule has 21 heavy (non-hydrogen) atoms. The summed E-state index contributed by atoms with van der Waals surface area (Å²) < 4.78 is 0. The van der Waals surface area contributed by atoms with E-state index in [4.69, 9.17) is 5.11 Å². The van der Waals surface area contributed by atoms with Crippen molar-refractivity contribution in [1.29, 1.82) is 0 Å². The number of halogens is 1. The second kappa shape index (κ2) is 15.9. The maximum Gasteiger partial charge on any atom is 0.303 e. The lowest BCUT2D eigenvalue weighted by atomic mass is 10.2. The number of allylic oxidation sites excluding steroid dienone is 5. The van der Waals surface area contributed by atoms with E-state index in [-0.39, 0.29) is 6.42 Å². The molecule has 0 aromatic rings. The summed E-state index contributed by atoms with van der Waals surface area (Å²) in [7, 11) is 0. The third-order valence-corrected chi connectivity index (χ3v) is 2.31. The molecule has 0 saturated heterocycles. The van der Waals surface area contributed by atoms with Gasteiger partial charge in [0, 0.05) is 12.8 Å². The van der Waals surface area contributed by atoms with E-state index < -0.39 is 5.97 Å². The van der Waals surface area contributed by atoms with Gasteiger partial charge in [0.05, 0.1) is 0 Å². The van der Waals surface area contributed by atoms with Crippen molar-refractivity contribution >= 4 is 21.9 Å². The number of rotatable bonds is 6. The first-order valence-corrected chi connectivity index (χ1v) is 7.45. The summed E-state index contributed by atoms with van der Waals surface area (Å²) in [5.41, 5.74) is 0. The number of hydrogen-bond donors (Lipinski definition) is 1. The first-order chi connectivity index (χ1) is 10.3. The van der Waals surface area contributed by atoms with Gasteiger partial charge in [-0.1, -0.05) is 51.8 Å². The van der Waals surface area contributed by atoms with Crippen LogP contribution in [0, 0.1) is 35.5 Å². The number of hydrogen-bond acceptors (Lipinski definition) is 1. The van der Waals surface area contributed by atoms with Crippen LogP contribution in [0.25, 0.3) is 0 Å². The Hall–Kier alpha value is -2.15. The molecule has 0 rings (SSSR count). The molecule has 0 heterocycles. The predicted molar refractivity (Wildman–Crippen MR) is 90.4 cm³/mol. The van der Waals surface area contributed by atoms with Crippen LogP contribution in [0.1, 0.15) is 32.1 Å². The highest BCUT2D eigenvalue weighted by Gasteiger charge is 1.92. The highest BCUT2D eigenvalue weighted by molar-refractivity contribution is 9.11. The van der Waals surface area contributed by atoms with Gasteiger partial charge in [0.1, 0.15) is 0 Å². The van der Waals surface area contributed by atoms with Crippen molar-refractivity contribution in [2.75, 3.05) is 0 Å². The lowest BCUT2D eigenvalue weighted by molar-refractivity contribution is -0.137. The number of carboxylic acids is 1. The van der Waals surface area contributed by atoms with Crippen molar-refractivity contribution in [1.82, 2.24) is 0 Å². The molecule has 0 aromatic carbocycles. The summed E-state index contributed by atoms with van der Waals surface area (Å²) in [5, 5.41) is 8.43. The van der Waals surface area contributed by atoms with Crippen LogP contribution in [0.4, 0.5) is 0 Å². The van der Waals surface area contributed by atoms with E-state index in [1.54, 1.807) is 17.1 Å². The molecule has 0 fully saturated rings. The molecule has 0 aliphatic carbocycles. The van der Waals surface area contributed by atoms with Gasteiger partial charge >= 0.3 is 5.97 Å². The normalized spacial score (nSPS) is 9.76. The van der Waals surface area contributed by atoms with Gasteiger partial charge in [-0.2, -0.15) is 0 Å². The van der Waals surface area contributed by atoms with Gasteiger partial charge in [0.15, 0.2) is 0 Å². The van der Waals surface area contributed by atoms with Gasteiger partial charge in [0.2, 0.25) is 0 Å². The monoisotopic (exact) mass is 344 g/mol. The Morgan fingerprint density at radius 3 is 2.33 bits per heavy atom. The fourth-order valence-corrected chi connectivity index (χ4v) is 1.25. The van der Waals surface area contributed by atoms with Gasteiger partial charge < -0.3 is 5.11 Å². The minimum absolute atomic E-state index is 0.159. The maximum absolute atomic E-state index is 10.2. The number of carboxylic acid groups (broad SMARTS) is 1. The number of aliphatic carboxylic acids is 1. The zero-order chi connectivity index (χ0) is 15.6. The van der Waals surface area contributed by atoms with Crippen molar-refractivity contribution in [3.63, 3.8) is 0 Å². The van der Waals surface area contributed by atoms with Crippen LogP contribution >= 0.6 is 15.9 Å². The molecule has 0 bridgehead atoms. The summed E-state index contributed by atoms with van der Waals surface area (Å²) in [6.45, 7) is 0. The standard InChI is InChI=1S/C18H17BrO2/c19-17-15-13-11-9-7-5-3-1-2-4-6-8-10-12-14-16-18(20)21/h1-2,7,9,15,17H,3,5,12,14,16H2,(H,20,21)/b2-1+,9-7+,17-15+. The smallest absolute Gasteiger partial charge is 0.303 e. The first kappa shape index (κ1) is 18.9. The minimum Gasteiger partial charge on any atom is -0.481 e. The van der Waals surface area contributed by atoms with Crippen LogP contribution < -0.4 is 0 Å². The summed E-state index contributed by atoms with van der Waals surface area (Å²) in [6.07, 6.45) is 12.5. The molecule has 2 nitrogen and oxygen atoms in total. The van der Waals surface area contributed by atoms with Crippen LogP contribution in [-0.4, -0.2) is 11.1 Å². The Kier molecular flexibility index (Phi) is 14.3. The van der Waals surface area contributed by atoms with Crippen LogP contribution in [0.3, 0.4) is 0 Å². The van der Waals surface area contributed by atoms with Crippen molar-refractivity contribution in [2.24, 2.45) is 0 Å². The van der Waals surface area contributed by atoms with Crippen molar-refractivity contribution < 1.29 is 9.90 Å². The van der Waals surface area contributed by atoms with E-state index in [0.717, 1.165) is 12.8 Å². The fourth-order valence-electron chi connectivity index (χ4n) is 1.12. The van der Waals surface area contributed by atoms with Gasteiger partial charge in [-0.25, -0.2) is 0 Å². The lowest BCUT2D eigenvalue weighted by Gasteiger charge is -1.86. The Balaban J connectivity index is 3.70. The summed E-state index contributed by atoms with van der Waals surface area (Å²) in [4.78, 5) is 12.0. The van der Waals surface area contributed by atoms with Gasteiger partial charge in [0.25, 0.3) is 0 Å². The first-order valence-electron chi connectivity index (χ1n) is 6.54. The second-order valence-corrected chi connectivity index (χ2v) is 4.31. The zero-order valence-electron chi connectivity index (χ0n) is 11.7. The van der Waals surface area contributed by atoms with Crippen molar-refractivity contribution in [3.05, 3.63) is 35.4 Å². The topological polar surface area (TPSA) is 37.3 Å². The molecule has 0 unspecified atom stereocenters. The third kappa shape index (κ3) is 17.9. The van der Waals surface area contributed by atoms with Gasteiger partial charge in [-0.3, -0.25) is 4.79 Å². The fraction of sp³-hybridized carbons (Fsp3) is 0.278. The molecule has 0 aliphatic rings. The van der Waals surface area contributed by atoms with Crippen LogP contribution in [0.2, 0.25) is 0 Å². The van der Waals surface area contributed by atoms with Crippen molar-refractivity contribution in [2.45, 2.75) is 32.1 Å². The lowest BCUT2D eigenvalue weighted by Crippen LogP contribution is -1.92. The second-order valence-electron chi connectivity index (χ2n) is 3.78. The largest absolute Gasteiger partial charge is 0.481 e. The minimum atomic E-state index is -0.787. The van der Waals surface area contributed by atoms with Gasteiger partial charge in [-0.15, -0.1) is 0 Å². The molecular formula is C18H17BrO2. The molecule has 3 heteroatoms. The zero-order valence-corrected chi connectivity index (χ0v) is 13.3. The van der Waals surface area contributed by atoms with Crippen LogP contribution in [-0.2, 0) is 4.79 Å². The highest BCUT2D eigenvalue weighted by Crippen LogP contribution is 1.93. The Morgan fingerprint density at radius 2 is 1.67 bits per heavy atom. The summed E-state index contributed by atoms with van der Waals surface area (Å²) in [5.74, 6) is 15.9. The van der Waals surface area contributed by atoms with E-state index >= 15 is 0 Å². The average Bonchev–Trinajstić information content (AvgIpc) is 2.46. The highest BCUT2D eigenvalue weighted by atomic mass is 79.9. The summed E-state index contributed by atoms with van der Waals surface area (Å²) in [6, 6.07) is 0. The molecule has 108 valence electrons. The van der Waals surface area contributed by atoms with E-state index in [1.165, 1.54) is 0 Å². The van der Waals surface area contributed by atoms with Crippen LogP contribution in [0.5, 0.6) is 0 Å². The quantitative estimate of drug-likeness (QED) is 0.582. The molecule has 0 aliphatic heterocycles. The molecule has 0 atom stereocenters. The molecule has 0 aromatic heterocycles. The van der Waals surface area contributed by atoms with E-state index in [1.807, 2.05) is 18.2 Å². The van der Waals surface area contributed by atoms with Gasteiger partial charge in [-0.05, 0) is 54.3 Å². The molecular weight excluding hydrogens is 328 g/mol. The number of unbranched alkanes of at least 4 members (excludes halogenated alkanes) is 2. The molecule has 0 saturated carbocycles. The Bertz CT molecular complexity index is 564. The van der Waals surface area contributed by atoms with E-state index in [9.17, 15) is 4.79 Å². The van der Waals surface area contributed by atoms with E-state index in [0.29, 0.717) is 12.8 Å². The molecule has 0 amide bonds. The van der Waals surface area contributed by atoms with Crippen LogP contribution in [0.15, 0.2) is 35.4 Å². The molecule has 0 spiro atoms. The van der Waals surface area contributed by atoms with Crippen molar-refractivity contribution in [3.8, 4) is 35.5 Å². The molecule has 1 N–H and O–H groups in total. The number of carbonyl (C=O) groups is 1. The van der Waals surface area contributed by atoms with E-state index in [2.05, 4.69) is 51.5 Å². The predicted octanol–water partition coefficient (Wildman–Crippen LogP) is 4.05. The SMILES string of the molecule is O=C(O)CCCC#CC#C/C=C/CC/C=C/C#C/C=C/Br. The Morgan fingerprint density at radius 1 is 1.00 bits per heavy atom. The average molecular weight is 345 g/mol. The third-order valence-electron chi connectivity index (χ3n) is 2.05. The molecule has 0 radical (unpaired) electrons. The maximum atomic E-state index is 10.2. The Labute approximate surface area is 135 Å².